The van der Waals surface area contributed by atoms with Crippen molar-refractivity contribution in [3.05, 3.63) is 29.1 Å². The van der Waals surface area contributed by atoms with Gasteiger partial charge < -0.3 is 4.57 Å². The van der Waals surface area contributed by atoms with E-state index in [9.17, 15) is 13.2 Å². The molecule has 3 rings (SSSR count). The molecule has 0 bridgehead atoms. The molecule has 0 aliphatic carbocycles. The van der Waals surface area contributed by atoms with E-state index in [1.165, 1.54) is 12.4 Å². The van der Waals surface area contributed by atoms with Gasteiger partial charge in [0, 0.05) is 13.0 Å². The highest BCUT2D eigenvalue weighted by atomic mass is 35.5. The number of halogens is 4. The van der Waals surface area contributed by atoms with Gasteiger partial charge in [0.15, 0.2) is 5.69 Å². The van der Waals surface area contributed by atoms with Crippen LogP contribution < -0.4 is 0 Å². The van der Waals surface area contributed by atoms with Crippen molar-refractivity contribution in [2.45, 2.75) is 32.0 Å². The first-order valence-corrected chi connectivity index (χ1v) is 6.49. The van der Waals surface area contributed by atoms with E-state index in [1.807, 2.05) is 0 Å². The van der Waals surface area contributed by atoms with E-state index < -0.39 is 11.9 Å². The van der Waals surface area contributed by atoms with Gasteiger partial charge >= 0.3 is 6.18 Å². The number of rotatable bonds is 1. The van der Waals surface area contributed by atoms with Crippen molar-refractivity contribution in [1.29, 1.82) is 0 Å². The molecular formula is C12H10ClF3N4. The van der Waals surface area contributed by atoms with Crippen molar-refractivity contribution >= 4 is 11.6 Å². The van der Waals surface area contributed by atoms with Crippen LogP contribution in [0.5, 0.6) is 0 Å². The molecule has 0 fully saturated rings. The summed E-state index contributed by atoms with van der Waals surface area (Å²) in [6.45, 7) is 0.502. The van der Waals surface area contributed by atoms with E-state index in [0.717, 1.165) is 12.8 Å². The van der Waals surface area contributed by atoms with Crippen LogP contribution in [0, 0.1) is 0 Å². The maximum Gasteiger partial charge on any atom is 0.435 e. The molecule has 1 aliphatic rings. The van der Waals surface area contributed by atoms with Crippen LogP contribution in [0.3, 0.4) is 0 Å². The predicted molar refractivity (Wildman–Crippen MR) is 66.2 cm³/mol. The molecule has 0 saturated heterocycles. The number of imidazole rings is 1. The lowest BCUT2D eigenvalue weighted by Gasteiger charge is -2.16. The number of aromatic nitrogens is 4. The van der Waals surface area contributed by atoms with Gasteiger partial charge in [0.25, 0.3) is 0 Å². The third-order valence-corrected chi connectivity index (χ3v) is 3.38. The van der Waals surface area contributed by atoms with E-state index in [4.69, 9.17) is 11.6 Å². The van der Waals surface area contributed by atoms with Gasteiger partial charge in [-0.25, -0.2) is 9.97 Å². The van der Waals surface area contributed by atoms with E-state index in [0.29, 0.717) is 18.8 Å². The Balaban J connectivity index is 2.24. The maximum atomic E-state index is 13.2. The number of fused-ring (bicyclic) bond motifs is 1. The number of nitrogens with zero attached hydrogens (tertiary/aromatic N) is 4. The molecule has 106 valence electrons. The van der Waals surface area contributed by atoms with Crippen LogP contribution in [0.25, 0.3) is 11.4 Å². The first-order chi connectivity index (χ1) is 9.47. The summed E-state index contributed by atoms with van der Waals surface area (Å²) in [4.78, 5) is 11.5. The fraction of sp³-hybridized carbons (Fsp3) is 0.417. The predicted octanol–water partition coefficient (Wildman–Crippen LogP) is 3.35. The molecule has 8 heteroatoms. The second kappa shape index (κ2) is 4.73. The standard InChI is InChI=1S/C12H10ClF3N4/c13-8-6-17-5-7(18-8)10-11(12(14,15)16)19-9-3-1-2-4-20(9)10/h5-6H,1-4H2. The minimum absolute atomic E-state index is 0.0396. The molecule has 1 aliphatic heterocycles. The quantitative estimate of drug-likeness (QED) is 0.811. The van der Waals surface area contributed by atoms with Crippen LogP contribution in [0.2, 0.25) is 5.15 Å². The summed E-state index contributed by atoms with van der Waals surface area (Å²) < 4.78 is 41.1. The largest absolute Gasteiger partial charge is 0.435 e. The zero-order valence-corrected chi connectivity index (χ0v) is 11.0. The molecule has 0 unspecified atom stereocenters. The smallest absolute Gasteiger partial charge is 0.326 e. The Morgan fingerprint density at radius 3 is 2.65 bits per heavy atom. The van der Waals surface area contributed by atoms with Gasteiger partial charge in [-0.15, -0.1) is 0 Å². The molecule has 0 saturated carbocycles. The van der Waals surface area contributed by atoms with Crippen LogP contribution in [0.4, 0.5) is 13.2 Å². The fourth-order valence-corrected chi connectivity index (χ4v) is 2.54. The van der Waals surface area contributed by atoms with Gasteiger partial charge in [-0.3, -0.25) is 4.98 Å². The van der Waals surface area contributed by atoms with Crippen LogP contribution in [-0.4, -0.2) is 19.5 Å². The van der Waals surface area contributed by atoms with Gasteiger partial charge in [-0.1, -0.05) is 11.6 Å². The Kier molecular flexibility index (Phi) is 3.16. The lowest BCUT2D eigenvalue weighted by Crippen LogP contribution is -2.12. The molecule has 0 radical (unpaired) electrons. The highest BCUT2D eigenvalue weighted by Gasteiger charge is 2.40. The molecular weight excluding hydrogens is 293 g/mol. The van der Waals surface area contributed by atoms with Gasteiger partial charge in [0.1, 0.15) is 22.4 Å². The first-order valence-electron chi connectivity index (χ1n) is 6.11. The Labute approximate surface area is 117 Å². The lowest BCUT2D eigenvalue weighted by molar-refractivity contribution is -0.140. The van der Waals surface area contributed by atoms with Crippen molar-refractivity contribution in [3.63, 3.8) is 0 Å². The molecule has 2 aromatic rings. The van der Waals surface area contributed by atoms with Crippen LogP contribution >= 0.6 is 11.6 Å². The number of aryl methyl sites for hydroxylation is 1. The minimum Gasteiger partial charge on any atom is -0.326 e. The second-order valence-corrected chi connectivity index (χ2v) is 4.95. The third kappa shape index (κ3) is 2.26. The molecule has 3 heterocycles. The molecule has 20 heavy (non-hydrogen) atoms. The normalized spacial score (nSPS) is 15.2. The number of hydrogen-bond acceptors (Lipinski definition) is 3. The zero-order chi connectivity index (χ0) is 14.3. The zero-order valence-electron chi connectivity index (χ0n) is 10.3. The van der Waals surface area contributed by atoms with Crippen molar-refractivity contribution < 1.29 is 13.2 Å². The Morgan fingerprint density at radius 2 is 1.95 bits per heavy atom. The minimum atomic E-state index is -4.52. The topological polar surface area (TPSA) is 43.6 Å². The summed E-state index contributed by atoms with van der Waals surface area (Å²) >= 11 is 5.73. The summed E-state index contributed by atoms with van der Waals surface area (Å²) in [5.74, 6) is 0.445. The van der Waals surface area contributed by atoms with Gasteiger partial charge in [-0.2, -0.15) is 13.2 Å². The highest BCUT2D eigenvalue weighted by molar-refractivity contribution is 6.29. The molecule has 0 N–H and O–H groups in total. The van der Waals surface area contributed by atoms with Crippen molar-refractivity contribution in [1.82, 2.24) is 19.5 Å². The number of hydrogen-bond donors (Lipinski definition) is 0. The highest BCUT2D eigenvalue weighted by Crippen LogP contribution is 2.38. The molecule has 4 nitrogen and oxygen atoms in total. The summed E-state index contributed by atoms with van der Waals surface area (Å²) in [7, 11) is 0. The van der Waals surface area contributed by atoms with Crippen LogP contribution in [-0.2, 0) is 19.1 Å². The monoisotopic (exact) mass is 302 g/mol. The van der Waals surface area contributed by atoms with E-state index in [1.54, 1.807) is 4.57 Å². The summed E-state index contributed by atoms with van der Waals surface area (Å²) in [6.07, 6.45) is 0.239. The van der Waals surface area contributed by atoms with Gasteiger partial charge in [0.05, 0.1) is 12.4 Å². The van der Waals surface area contributed by atoms with E-state index >= 15 is 0 Å². The molecule has 0 spiro atoms. The molecule has 0 amide bonds. The van der Waals surface area contributed by atoms with Gasteiger partial charge in [-0.05, 0) is 12.8 Å². The summed E-state index contributed by atoms with van der Waals surface area (Å²) in [5, 5.41) is 0.0574. The Hall–Kier alpha value is -1.63. The van der Waals surface area contributed by atoms with Gasteiger partial charge in [0.2, 0.25) is 0 Å². The van der Waals surface area contributed by atoms with E-state index in [-0.39, 0.29) is 16.5 Å². The Morgan fingerprint density at radius 1 is 1.15 bits per heavy atom. The van der Waals surface area contributed by atoms with Crippen LogP contribution in [0.1, 0.15) is 24.4 Å². The molecule has 0 atom stereocenters. The van der Waals surface area contributed by atoms with Crippen molar-refractivity contribution in [2.24, 2.45) is 0 Å². The Bertz CT molecular complexity index is 651. The molecule has 0 aromatic carbocycles. The van der Waals surface area contributed by atoms with Crippen molar-refractivity contribution in [3.8, 4) is 11.4 Å². The first kappa shape index (κ1) is 13.4. The average molecular weight is 303 g/mol. The maximum absolute atomic E-state index is 13.2. The SMILES string of the molecule is FC(F)(F)c1nc2n(c1-c1cncc(Cl)n1)CCCC2. The summed E-state index contributed by atoms with van der Waals surface area (Å²) in [6, 6.07) is 0. The number of alkyl halides is 3. The lowest BCUT2D eigenvalue weighted by atomic mass is 10.1. The molecule has 2 aromatic heterocycles. The summed E-state index contributed by atoms with van der Waals surface area (Å²) in [5.41, 5.74) is -0.848. The van der Waals surface area contributed by atoms with Crippen LogP contribution in [0.15, 0.2) is 12.4 Å². The van der Waals surface area contributed by atoms with E-state index in [2.05, 4.69) is 15.0 Å². The third-order valence-electron chi connectivity index (χ3n) is 3.20. The fourth-order valence-electron chi connectivity index (χ4n) is 2.40. The average Bonchev–Trinajstić information content (AvgIpc) is 2.78. The second-order valence-electron chi connectivity index (χ2n) is 4.56. The van der Waals surface area contributed by atoms with Crippen molar-refractivity contribution in [2.75, 3.05) is 0 Å².